The van der Waals surface area contributed by atoms with Gasteiger partial charge in [-0.05, 0) is 36.8 Å². The minimum atomic E-state index is -2.04. The van der Waals surface area contributed by atoms with Gasteiger partial charge in [0.2, 0.25) is 0 Å². The van der Waals surface area contributed by atoms with Gasteiger partial charge in [-0.1, -0.05) is 16.8 Å². The van der Waals surface area contributed by atoms with Crippen molar-refractivity contribution in [2.45, 2.75) is 25.6 Å². The number of halogens is 4. The zero-order valence-electron chi connectivity index (χ0n) is 18.9. The van der Waals surface area contributed by atoms with E-state index in [1.807, 2.05) is 29.8 Å². The fourth-order valence-electron chi connectivity index (χ4n) is 4.26. The maximum absolute atomic E-state index is 14.0. The second-order valence-electron chi connectivity index (χ2n) is 8.31. The van der Waals surface area contributed by atoms with Crippen LogP contribution in [0.4, 0.5) is 18.9 Å². The Balaban J connectivity index is 1.48. The highest BCUT2D eigenvalue weighted by Crippen LogP contribution is 2.35. The van der Waals surface area contributed by atoms with Gasteiger partial charge in [0.25, 0.3) is 0 Å². The number of methoxy groups -OCH3 is 1. The molecule has 2 unspecified atom stereocenters. The Morgan fingerprint density at radius 3 is 2.80 bits per heavy atom. The van der Waals surface area contributed by atoms with Crippen LogP contribution in [0.2, 0.25) is 0 Å². The lowest BCUT2D eigenvalue weighted by Gasteiger charge is -2.40. The van der Waals surface area contributed by atoms with Crippen LogP contribution in [0.5, 0.6) is 5.75 Å². The number of rotatable bonds is 4. The quantitative estimate of drug-likeness (QED) is 0.573. The average Bonchev–Trinajstić information content (AvgIpc) is 3.27. The van der Waals surface area contributed by atoms with Gasteiger partial charge in [-0.3, -0.25) is 0 Å². The van der Waals surface area contributed by atoms with E-state index in [2.05, 4.69) is 15.1 Å². The summed E-state index contributed by atoms with van der Waals surface area (Å²) in [7, 11) is 1.56. The second-order valence-corrected chi connectivity index (χ2v) is 8.79. The van der Waals surface area contributed by atoms with Gasteiger partial charge in [-0.25, -0.2) is 23.1 Å². The van der Waals surface area contributed by atoms with Crippen LogP contribution in [0.25, 0.3) is 5.69 Å². The number of amidine groups is 1. The molecule has 7 nitrogen and oxygen atoms in total. The molecule has 0 amide bonds. The molecule has 0 bridgehead atoms. The summed E-state index contributed by atoms with van der Waals surface area (Å²) in [4.78, 5) is 16.1. The molecule has 0 fully saturated rings. The molecular weight excluding hydrogens is 483 g/mol. The molecule has 5 rings (SSSR count). The van der Waals surface area contributed by atoms with Crippen molar-refractivity contribution in [1.82, 2.24) is 14.5 Å². The highest BCUT2D eigenvalue weighted by molar-refractivity contribution is 6.49. The summed E-state index contributed by atoms with van der Waals surface area (Å²) in [5.41, 5.74) is 3.00. The van der Waals surface area contributed by atoms with E-state index in [1.165, 1.54) is 0 Å². The molecule has 35 heavy (non-hydrogen) atoms. The van der Waals surface area contributed by atoms with E-state index in [0.717, 1.165) is 17.5 Å². The van der Waals surface area contributed by atoms with Crippen LogP contribution >= 0.6 is 11.6 Å². The summed E-state index contributed by atoms with van der Waals surface area (Å²) < 4.78 is 49.0. The van der Waals surface area contributed by atoms with Gasteiger partial charge in [0.05, 0.1) is 43.1 Å². The Labute approximate surface area is 204 Å². The number of benzene rings is 1. The van der Waals surface area contributed by atoms with E-state index in [4.69, 9.17) is 21.2 Å². The topological polar surface area (TPSA) is 64.2 Å². The molecule has 0 saturated carbocycles. The molecule has 3 heterocycles. The lowest BCUT2D eigenvalue weighted by Crippen LogP contribution is -2.52. The number of hydrogen-bond acceptors (Lipinski definition) is 6. The van der Waals surface area contributed by atoms with Crippen LogP contribution in [0.3, 0.4) is 0 Å². The predicted octanol–water partition coefficient (Wildman–Crippen LogP) is 5.23. The van der Waals surface area contributed by atoms with Crippen molar-refractivity contribution in [3.05, 3.63) is 70.8 Å². The number of nitrogens with zero attached hydrogens (tertiary/aromatic N) is 5. The van der Waals surface area contributed by atoms with E-state index < -0.39 is 23.9 Å². The summed E-state index contributed by atoms with van der Waals surface area (Å²) in [6, 6.07) is 4.85. The molecule has 0 N–H and O–H groups in total. The van der Waals surface area contributed by atoms with Crippen molar-refractivity contribution in [1.29, 1.82) is 0 Å². The Hall–Kier alpha value is -3.53. The number of aliphatic imine (C=N–C) groups is 1. The molecule has 0 saturated heterocycles. The van der Waals surface area contributed by atoms with E-state index >= 15 is 0 Å². The molecule has 1 aliphatic carbocycles. The summed E-state index contributed by atoms with van der Waals surface area (Å²) in [6.07, 6.45) is 3.94. The number of ether oxygens (including phenoxy) is 1. The van der Waals surface area contributed by atoms with Gasteiger partial charge >= 0.3 is 0 Å². The lowest BCUT2D eigenvalue weighted by atomic mass is 9.93. The number of aromatic nitrogens is 2. The number of imidazole rings is 1. The van der Waals surface area contributed by atoms with Crippen molar-refractivity contribution < 1.29 is 22.7 Å². The van der Waals surface area contributed by atoms with Crippen molar-refractivity contribution in [2.24, 2.45) is 10.1 Å². The number of allylic oxidation sites excluding steroid dienone is 3. The van der Waals surface area contributed by atoms with Crippen LogP contribution in [0, 0.1) is 6.92 Å². The highest BCUT2D eigenvalue weighted by Gasteiger charge is 2.38. The van der Waals surface area contributed by atoms with Crippen LogP contribution in [-0.4, -0.2) is 58.5 Å². The number of hydrogen-bond donors (Lipinski definition) is 0. The summed E-state index contributed by atoms with van der Waals surface area (Å²) in [5.74, 6) is -1.65. The smallest absolute Gasteiger partial charge is 0.195 e. The first-order valence-electron chi connectivity index (χ1n) is 10.8. The van der Waals surface area contributed by atoms with E-state index in [1.54, 1.807) is 30.5 Å². The molecule has 2 aromatic rings. The molecule has 1 aromatic carbocycles. The van der Waals surface area contributed by atoms with Crippen molar-refractivity contribution in [3.8, 4) is 11.4 Å². The van der Waals surface area contributed by atoms with Gasteiger partial charge in [0.1, 0.15) is 18.1 Å². The molecular formula is C24H21ClF3N5O2. The zero-order chi connectivity index (χ0) is 24.7. The van der Waals surface area contributed by atoms with Crippen molar-refractivity contribution >= 4 is 28.8 Å². The third kappa shape index (κ3) is 4.45. The van der Waals surface area contributed by atoms with Gasteiger partial charge in [-0.2, -0.15) is 0 Å². The van der Waals surface area contributed by atoms with Gasteiger partial charge in [0, 0.05) is 23.7 Å². The Kier molecular flexibility index (Phi) is 6.14. The standard InChI is InChI=1S/C24H21ClF3N5O2/c1-13-9-32(12-29-13)20-4-3-16(8-22(20)34-2)30-19-7-15(25)10-33-21(11-35-31-24(19)33)14-5-17(26)23(28)18(27)6-14/h3-5,7-9,12,18,21H,6,10-11H2,1-2H3. The van der Waals surface area contributed by atoms with Crippen LogP contribution in [0.15, 0.2) is 75.3 Å². The molecule has 11 heteroatoms. The normalized spacial score (nSPS) is 23.4. The first-order valence-corrected chi connectivity index (χ1v) is 11.2. The summed E-state index contributed by atoms with van der Waals surface area (Å²) in [6.45, 7) is 2.19. The summed E-state index contributed by atoms with van der Waals surface area (Å²) >= 11 is 6.42. The van der Waals surface area contributed by atoms with Crippen LogP contribution in [0.1, 0.15) is 12.1 Å². The summed E-state index contributed by atoms with van der Waals surface area (Å²) in [5, 5.41) is 4.60. The monoisotopic (exact) mass is 503 g/mol. The number of oxime groups is 1. The Morgan fingerprint density at radius 1 is 1.26 bits per heavy atom. The third-order valence-electron chi connectivity index (χ3n) is 5.94. The van der Waals surface area contributed by atoms with Crippen LogP contribution < -0.4 is 4.74 Å². The largest absolute Gasteiger partial charge is 0.494 e. The van der Waals surface area contributed by atoms with Crippen molar-refractivity contribution in [3.63, 3.8) is 0 Å². The minimum Gasteiger partial charge on any atom is -0.494 e. The third-order valence-corrected chi connectivity index (χ3v) is 6.17. The number of fused-ring (bicyclic) bond motifs is 1. The lowest BCUT2D eigenvalue weighted by molar-refractivity contribution is 0.0758. The molecule has 0 radical (unpaired) electrons. The molecule has 2 aliphatic heterocycles. The zero-order valence-corrected chi connectivity index (χ0v) is 19.6. The molecule has 182 valence electrons. The van der Waals surface area contributed by atoms with Crippen molar-refractivity contribution in [2.75, 3.05) is 20.3 Å². The second kappa shape index (κ2) is 9.26. The molecule has 3 aliphatic rings. The van der Waals surface area contributed by atoms with Crippen LogP contribution in [-0.2, 0) is 4.84 Å². The first-order chi connectivity index (χ1) is 16.8. The van der Waals surface area contributed by atoms with E-state index in [0.29, 0.717) is 33.6 Å². The maximum Gasteiger partial charge on any atom is 0.195 e. The molecule has 1 aromatic heterocycles. The van der Waals surface area contributed by atoms with Gasteiger partial charge < -0.3 is 19.0 Å². The Bertz CT molecular complexity index is 1330. The van der Waals surface area contributed by atoms with E-state index in [-0.39, 0.29) is 19.6 Å². The SMILES string of the molecule is COc1cc(N=C2C=C(Cl)CN3C2=NOCC3C2=CC(F)=C(F)C(F)C2)ccc1-n1cnc(C)c1. The number of alkyl halides is 1. The molecule has 2 atom stereocenters. The molecule has 0 spiro atoms. The van der Waals surface area contributed by atoms with Gasteiger partial charge in [-0.15, -0.1) is 0 Å². The first kappa shape index (κ1) is 23.2. The maximum atomic E-state index is 14.0. The Morgan fingerprint density at radius 2 is 2.09 bits per heavy atom. The minimum absolute atomic E-state index is 0.0429. The van der Waals surface area contributed by atoms with Gasteiger partial charge in [0.15, 0.2) is 23.7 Å². The fraction of sp³-hybridized carbons (Fsp3) is 0.292. The average molecular weight is 504 g/mol. The van der Waals surface area contributed by atoms with E-state index in [9.17, 15) is 13.2 Å². The number of aryl methyl sites for hydroxylation is 1. The predicted molar refractivity (Wildman–Crippen MR) is 127 cm³/mol. The highest BCUT2D eigenvalue weighted by atomic mass is 35.5. The fourth-order valence-corrected chi connectivity index (χ4v) is 4.49.